The summed E-state index contributed by atoms with van der Waals surface area (Å²) in [5, 5.41) is 3.41. The van der Waals surface area contributed by atoms with E-state index in [1.54, 1.807) is 6.33 Å². The van der Waals surface area contributed by atoms with Crippen LogP contribution >= 0.6 is 15.9 Å². The zero-order valence-corrected chi connectivity index (χ0v) is 14.6. The summed E-state index contributed by atoms with van der Waals surface area (Å²) in [6, 6.07) is 9.00. The van der Waals surface area contributed by atoms with Crippen molar-refractivity contribution in [3.63, 3.8) is 0 Å². The Morgan fingerprint density at radius 1 is 1.27 bits per heavy atom. The molecule has 0 bridgehead atoms. The molecule has 0 saturated carbocycles. The molecule has 5 heteroatoms. The second kappa shape index (κ2) is 6.65. The van der Waals surface area contributed by atoms with E-state index in [1.165, 1.54) is 11.1 Å². The molecule has 2 aromatic rings. The average Bonchev–Trinajstić information content (AvgIpc) is 2.54. The number of hydrogen-bond acceptors (Lipinski definition) is 4. The van der Waals surface area contributed by atoms with Crippen molar-refractivity contribution in [1.82, 2.24) is 9.97 Å². The number of nitrogens with one attached hydrogen (secondary N) is 1. The summed E-state index contributed by atoms with van der Waals surface area (Å²) in [4.78, 5) is 11.1. The lowest BCUT2D eigenvalue weighted by molar-refractivity contribution is 0.717. The Bertz CT molecular complexity index is 659. The maximum absolute atomic E-state index is 4.45. The molecule has 3 rings (SSSR count). The molecule has 0 unspecified atom stereocenters. The van der Waals surface area contributed by atoms with E-state index < -0.39 is 0 Å². The molecule has 1 aliphatic heterocycles. The molecular weight excluding hydrogens is 340 g/mol. The summed E-state index contributed by atoms with van der Waals surface area (Å²) in [7, 11) is 0. The van der Waals surface area contributed by atoms with Crippen molar-refractivity contribution in [3.05, 3.63) is 46.2 Å². The number of halogens is 1. The molecule has 0 spiro atoms. The van der Waals surface area contributed by atoms with Crippen LogP contribution in [0.15, 0.2) is 35.1 Å². The van der Waals surface area contributed by atoms with Gasteiger partial charge >= 0.3 is 0 Å². The number of benzene rings is 1. The molecule has 1 aromatic heterocycles. The minimum atomic E-state index is 0.419. The number of fused-ring (bicyclic) bond motifs is 1. The molecule has 22 heavy (non-hydrogen) atoms. The zero-order valence-electron chi connectivity index (χ0n) is 13.0. The van der Waals surface area contributed by atoms with Crippen LogP contribution in [0.2, 0.25) is 0 Å². The van der Waals surface area contributed by atoms with Crippen molar-refractivity contribution < 1.29 is 0 Å². The Kier molecular flexibility index (Phi) is 4.62. The SMILES string of the molecule is CC[C@H](C)Nc1cc(N2CCc3cc(Br)ccc3C2)ncn1. The first-order valence-electron chi connectivity index (χ1n) is 7.76. The number of nitrogens with zero attached hydrogens (tertiary/aromatic N) is 3. The van der Waals surface area contributed by atoms with Crippen molar-refractivity contribution >= 4 is 27.6 Å². The van der Waals surface area contributed by atoms with Crippen LogP contribution in [0, 0.1) is 0 Å². The van der Waals surface area contributed by atoms with Crippen molar-refractivity contribution in [2.75, 3.05) is 16.8 Å². The summed E-state index contributed by atoms with van der Waals surface area (Å²) in [5.41, 5.74) is 2.81. The second-order valence-corrected chi connectivity index (χ2v) is 6.72. The Labute approximate surface area is 140 Å². The Morgan fingerprint density at radius 2 is 2.14 bits per heavy atom. The predicted octanol–water partition coefficient (Wildman–Crippen LogP) is 4.01. The van der Waals surface area contributed by atoms with E-state index in [9.17, 15) is 0 Å². The summed E-state index contributed by atoms with van der Waals surface area (Å²) in [5.74, 6) is 1.90. The predicted molar refractivity (Wildman–Crippen MR) is 94.3 cm³/mol. The topological polar surface area (TPSA) is 41.0 Å². The number of anilines is 2. The zero-order chi connectivity index (χ0) is 15.5. The van der Waals surface area contributed by atoms with E-state index in [0.717, 1.165) is 42.0 Å². The van der Waals surface area contributed by atoms with Gasteiger partial charge in [-0.1, -0.05) is 28.9 Å². The lowest BCUT2D eigenvalue weighted by atomic mass is 10.00. The third-order valence-corrected chi connectivity index (χ3v) is 4.66. The van der Waals surface area contributed by atoms with Crippen molar-refractivity contribution in [3.8, 4) is 0 Å². The Hall–Kier alpha value is -1.62. The fourth-order valence-corrected chi connectivity index (χ4v) is 3.08. The van der Waals surface area contributed by atoms with Crippen LogP contribution in [0.25, 0.3) is 0 Å². The maximum atomic E-state index is 4.45. The van der Waals surface area contributed by atoms with Gasteiger partial charge in [0.1, 0.15) is 18.0 Å². The highest BCUT2D eigenvalue weighted by Gasteiger charge is 2.18. The van der Waals surface area contributed by atoms with Crippen molar-refractivity contribution in [2.24, 2.45) is 0 Å². The van der Waals surface area contributed by atoms with Crippen LogP contribution in [-0.4, -0.2) is 22.6 Å². The highest BCUT2D eigenvalue weighted by atomic mass is 79.9. The molecule has 1 aliphatic rings. The molecule has 2 heterocycles. The molecule has 0 fully saturated rings. The minimum absolute atomic E-state index is 0.419. The molecule has 0 aliphatic carbocycles. The fraction of sp³-hybridized carbons (Fsp3) is 0.412. The van der Waals surface area contributed by atoms with Gasteiger partial charge in [0, 0.05) is 29.7 Å². The van der Waals surface area contributed by atoms with E-state index in [4.69, 9.17) is 0 Å². The van der Waals surface area contributed by atoms with Gasteiger partial charge in [0.15, 0.2) is 0 Å². The molecule has 0 saturated heterocycles. The molecule has 1 atom stereocenters. The molecule has 0 radical (unpaired) electrons. The van der Waals surface area contributed by atoms with Crippen LogP contribution in [0.3, 0.4) is 0 Å². The molecule has 4 nitrogen and oxygen atoms in total. The van der Waals surface area contributed by atoms with Crippen LogP contribution in [-0.2, 0) is 13.0 Å². The van der Waals surface area contributed by atoms with Crippen molar-refractivity contribution in [2.45, 2.75) is 39.3 Å². The van der Waals surface area contributed by atoms with Gasteiger partial charge in [-0.15, -0.1) is 0 Å². The maximum Gasteiger partial charge on any atom is 0.134 e. The third kappa shape index (κ3) is 3.40. The van der Waals surface area contributed by atoms with Gasteiger partial charge < -0.3 is 10.2 Å². The van der Waals surface area contributed by atoms with E-state index >= 15 is 0 Å². The fourth-order valence-electron chi connectivity index (χ4n) is 2.67. The summed E-state index contributed by atoms with van der Waals surface area (Å²) in [6.07, 6.45) is 3.77. The monoisotopic (exact) mass is 360 g/mol. The summed E-state index contributed by atoms with van der Waals surface area (Å²) in [6.45, 7) is 6.22. The quantitative estimate of drug-likeness (QED) is 0.893. The van der Waals surface area contributed by atoms with Gasteiger partial charge in [-0.3, -0.25) is 0 Å². The van der Waals surface area contributed by atoms with Gasteiger partial charge in [0.2, 0.25) is 0 Å². The minimum Gasteiger partial charge on any atom is -0.367 e. The largest absolute Gasteiger partial charge is 0.367 e. The summed E-state index contributed by atoms with van der Waals surface area (Å²) < 4.78 is 1.15. The standard InChI is InChI=1S/C17H21BrN4/c1-3-12(2)21-16-9-17(20-11-19-16)22-7-6-13-8-15(18)5-4-14(13)10-22/h4-5,8-9,11-12H,3,6-7,10H2,1-2H3,(H,19,20,21)/t12-/m0/s1. The average molecular weight is 361 g/mol. The van der Waals surface area contributed by atoms with Crippen LogP contribution in [0.1, 0.15) is 31.4 Å². The second-order valence-electron chi connectivity index (χ2n) is 5.80. The number of rotatable bonds is 4. The van der Waals surface area contributed by atoms with Gasteiger partial charge in [-0.25, -0.2) is 9.97 Å². The normalized spacial score (nSPS) is 15.3. The van der Waals surface area contributed by atoms with Crippen LogP contribution in [0.4, 0.5) is 11.6 Å². The molecular formula is C17H21BrN4. The summed E-state index contributed by atoms with van der Waals surface area (Å²) >= 11 is 3.55. The molecule has 0 amide bonds. The van der Waals surface area contributed by atoms with Gasteiger partial charge in [-0.2, -0.15) is 0 Å². The van der Waals surface area contributed by atoms with Gasteiger partial charge in [0.25, 0.3) is 0 Å². The Morgan fingerprint density at radius 3 is 2.95 bits per heavy atom. The van der Waals surface area contributed by atoms with Crippen LogP contribution in [0.5, 0.6) is 0 Å². The molecule has 1 N–H and O–H groups in total. The van der Waals surface area contributed by atoms with Gasteiger partial charge in [0.05, 0.1) is 0 Å². The van der Waals surface area contributed by atoms with E-state index in [0.29, 0.717) is 6.04 Å². The Balaban J connectivity index is 1.78. The first-order chi connectivity index (χ1) is 10.7. The van der Waals surface area contributed by atoms with E-state index in [1.807, 2.05) is 0 Å². The molecule has 1 aromatic carbocycles. The highest BCUT2D eigenvalue weighted by molar-refractivity contribution is 9.10. The van der Waals surface area contributed by atoms with Gasteiger partial charge in [-0.05, 0) is 43.0 Å². The van der Waals surface area contributed by atoms with E-state index in [2.05, 4.69) is 74.2 Å². The highest BCUT2D eigenvalue weighted by Crippen LogP contribution is 2.26. The third-order valence-electron chi connectivity index (χ3n) is 4.16. The number of hydrogen-bond donors (Lipinski definition) is 1. The molecule has 116 valence electrons. The van der Waals surface area contributed by atoms with Crippen molar-refractivity contribution in [1.29, 1.82) is 0 Å². The lowest BCUT2D eigenvalue weighted by Crippen LogP contribution is -2.31. The van der Waals surface area contributed by atoms with Crippen LogP contribution < -0.4 is 10.2 Å². The lowest BCUT2D eigenvalue weighted by Gasteiger charge is -2.30. The first kappa shape index (κ1) is 15.3. The smallest absolute Gasteiger partial charge is 0.134 e. The first-order valence-corrected chi connectivity index (χ1v) is 8.56. The number of aromatic nitrogens is 2. The van der Waals surface area contributed by atoms with E-state index in [-0.39, 0.29) is 0 Å².